The SMILES string of the molecule is FC(F)(F)CONC1CCc2sc(Cl)cc21. The van der Waals surface area contributed by atoms with Crippen LogP contribution in [0.2, 0.25) is 4.34 Å². The molecular formula is C9H9ClF3NOS. The zero-order valence-electron chi connectivity index (χ0n) is 8.10. The number of alkyl halides is 3. The number of halogens is 4. The van der Waals surface area contributed by atoms with E-state index in [0.29, 0.717) is 4.34 Å². The van der Waals surface area contributed by atoms with Crippen LogP contribution >= 0.6 is 22.9 Å². The first-order valence-corrected chi connectivity index (χ1v) is 5.87. The first-order valence-electron chi connectivity index (χ1n) is 4.68. The van der Waals surface area contributed by atoms with Crippen molar-refractivity contribution in [3.63, 3.8) is 0 Å². The van der Waals surface area contributed by atoms with Gasteiger partial charge in [-0.1, -0.05) is 11.6 Å². The summed E-state index contributed by atoms with van der Waals surface area (Å²) in [5.74, 6) is 0. The van der Waals surface area contributed by atoms with Gasteiger partial charge in [-0.2, -0.15) is 18.7 Å². The standard InChI is InChI=1S/C9H9ClF3NOS/c10-8-3-5-6(1-2-7(5)16-8)14-15-4-9(11,12)13/h3,6,14H,1-2,4H2. The molecule has 1 atom stereocenters. The van der Waals surface area contributed by atoms with E-state index >= 15 is 0 Å². The Kier molecular flexibility index (Phi) is 3.44. The molecule has 1 heterocycles. The Labute approximate surface area is 99.3 Å². The molecule has 0 aliphatic heterocycles. The summed E-state index contributed by atoms with van der Waals surface area (Å²) in [6, 6.07) is 1.60. The van der Waals surface area contributed by atoms with E-state index in [1.807, 2.05) is 0 Å². The molecule has 7 heteroatoms. The molecule has 2 nitrogen and oxygen atoms in total. The van der Waals surface area contributed by atoms with Crippen LogP contribution in [-0.2, 0) is 11.3 Å². The van der Waals surface area contributed by atoms with Gasteiger partial charge in [-0.15, -0.1) is 11.3 Å². The van der Waals surface area contributed by atoms with Crippen molar-refractivity contribution in [2.24, 2.45) is 0 Å². The minimum atomic E-state index is -4.30. The molecule has 1 aromatic heterocycles. The molecule has 0 saturated carbocycles. The number of hydrogen-bond acceptors (Lipinski definition) is 3. The molecule has 0 spiro atoms. The molecule has 16 heavy (non-hydrogen) atoms. The number of nitrogens with one attached hydrogen (secondary N) is 1. The van der Waals surface area contributed by atoms with Crippen LogP contribution in [0.25, 0.3) is 0 Å². The Morgan fingerprint density at radius 1 is 1.56 bits per heavy atom. The van der Waals surface area contributed by atoms with Crippen molar-refractivity contribution < 1.29 is 18.0 Å². The van der Waals surface area contributed by atoms with Crippen molar-refractivity contribution in [3.8, 4) is 0 Å². The molecule has 1 aliphatic rings. The second-order valence-electron chi connectivity index (χ2n) is 3.54. The van der Waals surface area contributed by atoms with Crippen LogP contribution < -0.4 is 5.48 Å². The maximum absolute atomic E-state index is 11.8. The van der Waals surface area contributed by atoms with Crippen molar-refractivity contribution in [3.05, 3.63) is 20.8 Å². The largest absolute Gasteiger partial charge is 0.413 e. The molecule has 1 unspecified atom stereocenters. The molecule has 0 radical (unpaired) electrons. The van der Waals surface area contributed by atoms with Crippen molar-refractivity contribution in [1.82, 2.24) is 5.48 Å². The first-order chi connectivity index (χ1) is 7.46. The molecule has 0 amide bonds. The van der Waals surface area contributed by atoms with Crippen molar-refractivity contribution >= 4 is 22.9 Å². The maximum atomic E-state index is 11.8. The fourth-order valence-electron chi connectivity index (χ4n) is 1.68. The predicted molar refractivity (Wildman–Crippen MR) is 55.5 cm³/mol. The lowest BCUT2D eigenvalue weighted by Gasteiger charge is -2.13. The molecule has 0 bridgehead atoms. The lowest BCUT2D eigenvalue weighted by molar-refractivity contribution is -0.193. The Balaban J connectivity index is 1.88. The average Bonchev–Trinajstić information content (AvgIpc) is 2.64. The van der Waals surface area contributed by atoms with Crippen LogP contribution in [-0.4, -0.2) is 12.8 Å². The fourth-order valence-corrected chi connectivity index (χ4v) is 3.03. The summed E-state index contributed by atoms with van der Waals surface area (Å²) < 4.78 is 36.2. The van der Waals surface area contributed by atoms with Gasteiger partial charge in [0.05, 0.1) is 10.4 Å². The highest BCUT2D eigenvalue weighted by molar-refractivity contribution is 7.16. The Hall–Kier alpha value is -0.300. The average molecular weight is 272 g/mol. The second-order valence-corrected chi connectivity index (χ2v) is 5.31. The third-order valence-corrected chi connectivity index (χ3v) is 3.65. The lowest BCUT2D eigenvalue weighted by Crippen LogP contribution is -2.27. The molecule has 0 saturated heterocycles. The monoisotopic (exact) mass is 271 g/mol. The van der Waals surface area contributed by atoms with Crippen LogP contribution in [0.4, 0.5) is 13.2 Å². The molecule has 1 aliphatic carbocycles. The minimum Gasteiger partial charge on any atom is -0.292 e. The summed E-state index contributed by atoms with van der Waals surface area (Å²) in [5.41, 5.74) is 3.39. The first kappa shape index (κ1) is 12.2. The van der Waals surface area contributed by atoms with E-state index in [4.69, 9.17) is 11.6 Å². The van der Waals surface area contributed by atoms with Crippen LogP contribution in [0.5, 0.6) is 0 Å². The highest BCUT2D eigenvalue weighted by Crippen LogP contribution is 2.39. The van der Waals surface area contributed by atoms with Crippen molar-refractivity contribution in [1.29, 1.82) is 0 Å². The number of rotatable bonds is 3. The van der Waals surface area contributed by atoms with E-state index in [-0.39, 0.29) is 6.04 Å². The van der Waals surface area contributed by atoms with E-state index in [1.54, 1.807) is 6.07 Å². The van der Waals surface area contributed by atoms with Crippen LogP contribution in [0.3, 0.4) is 0 Å². The van der Waals surface area contributed by atoms with Crippen molar-refractivity contribution in [2.45, 2.75) is 25.1 Å². The van der Waals surface area contributed by atoms with Crippen LogP contribution in [0, 0.1) is 0 Å². The molecule has 0 fully saturated rings. The number of fused-ring (bicyclic) bond motifs is 1. The number of hydroxylamine groups is 1. The lowest BCUT2D eigenvalue weighted by atomic mass is 10.2. The van der Waals surface area contributed by atoms with E-state index in [1.165, 1.54) is 11.3 Å². The minimum absolute atomic E-state index is 0.180. The van der Waals surface area contributed by atoms with Gasteiger partial charge in [0.1, 0.15) is 0 Å². The fraction of sp³-hybridized carbons (Fsp3) is 0.556. The Morgan fingerprint density at radius 2 is 2.31 bits per heavy atom. The zero-order valence-corrected chi connectivity index (χ0v) is 9.68. The number of hydrogen-bond donors (Lipinski definition) is 1. The van der Waals surface area contributed by atoms with E-state index in [9.17, 15) is 13.2 Å². The molecule has 90 valence electrons. The van der Waals surface area contributed by atoms with Gasteiger partial charge in [0.15, 0.2) is 6.61 Å². The van der Waals surface area contributed by atoms with Gasteiger partial charge >= 0.3 is 6.18 Å². The van der Waals surface area contributed by atoms with E-state index in [0.717, 1.165) is 23.3 Å². The summed E-state index contributed by atoms with van der Waals surface area (Å²) in [6.07, 6.45) is -2.73. The van der Waals surface area contributed by atoms with Gasteiger partial charge in [-0.25, -0.2) is 0 Å². The topological polar surface area (TPSA) is 21.3 Å². The van der Waals surface area contributed by atoms with Crippen LogP contribution in [0.1, 0.15) is 22.9 Å². The highest BCUT2D eigenvalue weighted by atomic mass is 35.5. The quantitative estimate of drug-likeness (QED) is 0.850. The third kappa shape index (κ3) is 2.88. The smallest absolute Gasteiger partial charge is 0.292 e. The number of thiophene rings is 1. The summed E-state index contributed by atoms with van der Waals surface area (Å²) >= 11 is 7.29. The van der Waals surface area contributed by atoms with Gasteiger partial charge in [0, 0.05) is 4.88 Å². The normalized spacial score (nSPS) is 20.1. The van der Waals surface area contributed by atoms with Gasteiger partial charge in [0.2, 0.25) is 0 Å². The Bertz CT molecular complexity index is 379. The predicted octanol–water partition coefficient (Wildman–Crippen LogP) is 3.47. The van der Waals surface area contributed by atoms with Gasteiger partial charge in [-0.3, -0.25) is 4.84 Å². The second kappa shape index (κ2) is 4.52. The van der Waals surface area contributed by atoms with E-state index in [2.05, 4.69) is 10.3 Å². The molecular weight excluding hydrogens is 263 g/mol. The summed E-state index contributed by atoms with van der Waals surface area (Å²) in [5, 5.41) is 0. The maximum Gasteiger partial charge on any atom is 0.413 e. The summed E-state index contributed by atoms with van der Waals surface area (Å²) in [7, 11) is 0. The van der Waals surface area contributed by atoms with Gasteiger partial charge in [0.25, 0.3) is 0 Å². The summed E-state index contributed by atoms with van der Waals surface area (Å²) in [6.45, 7) is -1.28. The molecule has 2 rings (SSSR count). The van der Waals surface area contributed by atoms with E-state index < -0.39 is 12.8 Å². The Morgan fingerprint density at radius 3 is 3.00 bits per heavy atom. The third-order valence-electron chi connectivity index (χ3n) is 2.31. The van der Waals surface area contributed by atoms with Gasteiger partial charge in [-0.05, 0) is 24.5 Å². The van der Waals surface area contributed by atoms with Crippen LogP contribution in [0.15, 0.2) is 6.07 Å². The number of aryl methyl sites for hydroxylation is 1. The summed E-state index contributed by atoms with van der Waals surface area (Å²) in [4.78, 5) is 5.56. The van der Waals surface area contributed by atoms with Crippen molar-refractivity contribution in [2.75, 3.05) is 6.61 Å². The molecule has 1 N–H and O–H groups in total. The highest BCUT2D eigenvalue weighted by Gasteiger charge is 2.30. The zero-order chi connectivity index (χ0) is 11.8. The molecule has 1 aromatic rings. The van der Waals surface area contributed by atoms with Gasteiger partial charge < -0.3 is 0 Å². The molecule has 0 aromatic carbocycles.